The first-order valence-corrected chi connectivity index (χ1v) is 10.5. The summed E-state index contributed by atoms with van der Waals surface area (Å²) in [6.45, 7) is 3.85. The van der Waals surface area contributed by atoms with Crippen LogP contribution < -0.4 is 9.80 Å². The van der Waals surface area contributed by atoms with E-state index in [1.807, 2.05) is 56.3 Å². The second-order valence-corrected chi connectivity index (χ2v) is 8.25. The van der Waals surface area contributed by atoms with Gasteiger partial charge in [0.05, 0.1) is 16.3 Å². The highest BCUT2D eigenvalue weighted by atomic mass is 35.5. The average molecular weight is 451 g/mol. The third kappa shape index (κ3) is 3.62. The zero-order chi connectivity index (χ0) is 22.3. The number of hydrogen-bond acceptors (Lipinski definition) is 3. The summed E-state index contributed by atoms with van der Waals surface area (Å²) < 4.78 is 0. The van der Waals surface area contributed by atoms with Crippen LogP contribution in [0.4, 0.5) is 11.4 Å². The van der Waals surface area contributed by atoms with Crippen LogP contribution in [0.25, 0.3) is 5.57 Å². The van der Waals surface area contributed by atoms with Gasteiger partial charge < -0.3 is 4.90 Å². The molecule has 0 aliphatic carbocycles. The molecule has 6 heteroatoms. The molecule has 0 atom stereocenters. The van der Waals surface area contributed by atoms with Gasteiger partial charge in [-0.25, -0.2) is 4.90 Å². The number of para-hydroxylation sites is 1. The predicted octanol–water partition coefficient (Wildman–Crippen LogP) is 6.03. The van der Waals surface area contributed by atoms with Crippen molar-refractivity contribution in [2.75, 3.05) is 16.8 Å². The molecule has 0 aromatic heterocycles. The van der Waals surface area contributed by atoms with Crippen molar-refractivity contribution in [2.24, 2.45) is 0 Å². The predicted molar refractivity (Wildman–Crippen MR) is 127 cm³/mol. The number of aryl methyl sites for hydroxylation is 1. The van der Waals surface area contributed by atoms with Crippen molar-refractivity contribution in [3.63, 3.8) is 0 Å². The zero-order valence-electron chi connectivity index (χ0n) is 17.3. The molecule has 1 aliphatic heterocycles. The van der Waals surface area contributed by atoms with E-state index in [1.165, 1.54) is 4.90 Å². The molecule has 3 aromatic carbocycles. The Labute approximate surface area is 191 Å². The van der Waals surface area contributed by atoms with Crippen LogP contribution >= 0.6 is 23.2 Å². The number of benzene rings is 3. The Balaban J connectivity index is 1.94. The van der Waals surface area contributed by atoms with Gasteiger partial charge in [0.2, 0.25) is 0 Å². The van der Waals surface area contributed by atoms with Gasteiger partial charge in [0.1, 0.15) is 5.70 Å². The molecule has 0 bridgehead atoms. The van der Waals surface area contributed by atoms with E-state index in [1.54, 1.807) is 36.2 Å². The maximum Gasteiger partial charge on any atom is 0.282 e. The summed E-state index contributed by atoms with van der Waals surface area (Å²) in [5.41, 5.74) is 4.19. The standard InChI is InChI=1S/C25H20Cl2N2O2/c1-15-8-7-11-21(16(15)2)29-24(30)22(19-13-12-17(26)14-20(19)27)23(25(29)31)28(3)18-9-5-4-6-10-18/h4-14H,1-3H3. The summed E-state index contributed by atoms with van der Waals surface area (Å²) >= 11 is 12.5. The Hall–Kier alpha value is -3.08. The molecule has 156 valence electrons. The molecule has 31 heavy (non-hydrogen) atoms. The first-order valence-electron chi connectivity index (χ1n) is 9.74. The molecule has 3 aromatic rings. The number of hydrogen-bond donors (Lipinski definition) is 0. The monoisotopic (exact) mass is 450 g/mol. The highest BCUT2D eigenvalue weighted by Gasteiger charge is 2.43. The molecule has 4 nitrogen and oxygen atoms in total. The van der Waals surface area contributed by atoms with Crippen molar-refractivity contribution in [3.8, 4) is 0 Å². The normalized spacial score (nSPS) is 13.9. The fourth-order valence-electron chi connectivity index (χ4n) is 3.74. The van der Waals surface area contributed by atoms with E-state index in [0.29, 0.717) is 21.3 Å². The lowest BCUT2D eigenvalue weighted by Crippen LogP contribution is -2.34. The molecule has 0 saturated heterocycles. The molecule has 0 unspecified atom stereocenters. The van der Waals surface area contributed by atoms with Crippen LogP contribution in [0.5, 0.6) is 0 Å². The second kappa shape index (κ2) is 8.22. The Morgan fingerprint density at radius 3 is 2.23 bits per heavy atom. The van der Waals surface area contributed by atoms with Gasteiger partial charge in [0.15, 0.2) is 0 Å². The fraction of sp³-hybridized carbons (Fsp3) is 0.120. The summed E-state index contributed by atoms with van der Waals surface area (Å²) in [6, 6.07) is 19.9. The molecule has 0 spiro atoms. The second-order valence-electron chi connectivity index (χ2n) is 7.41. The first-order chi connectivity index (χ1) is 14.8. The minimum Gasteiger partial charge on any atom is -0.339 e. The van der Waals surface area contributed by atoms with Gasteiger partial charge in [-0.2, -0.15) is 0 Å². The van der Waals surface area contributed by atoms with Crippen molar-refractivity contribution in [1.82, 2.24) is 0 Å². The summed E-state index contributed by atoms with van der Waals surface area (Å²) in [6.07, 6.45) is 0. The molecule has 0 radical (unpaired) electrons. The van der Waals surface area contributed by atoms with Crippen LogP contribution in [0.3, 0.4) is 0 Å². The van der Waals surface area contributed by atoms with Gasteiger partial charge in [0.25, 0.3) is 11.8 Å². The van der Waals surface area contributed by atoms with Gasteiger partial charge >= 0.3 is 0 Å². The summed E-state index contributed by atoms with van der Waals surface area (Å²) in [5, 5.41) is 0.765. The van der Waals surface area contributed by atoms with E-state index in [4.69, 9.17) is 23.2 Å². The van der Waals surface area contributed by atoms with Crippen molar-refractivity contribution < 1.29 is 9.59 Å². The van der Waals surface area contributed by atoms with Crippen LogP contribution in [0.15, 0.2) is 72.4 Å². The Morgan fingerprint density at radius 2 is 1.55 bits per heavy atom. The van der Waals surface area contributed by atoms with Crippen LogP contribution in [0, 0.1) is 13.8 Å². The average Bonchev–Trinajstić information content (AvgIpc) is 3.00. The SMILES string of the molecule is Cc1cccc(N2C(=O)C(c3ccc(Cl)cc3Cl)=C(N(C)c3ccccc3)C2=O)c1C. The molecule has 0 fully saturated rings. The third-order valence-electron chi connectivity index (χ3n) is 5.56. The molecule has 0 N–H and O–H groups in total. The molecule has 2 amide bonds. The van der Waals surface area contributed by atoms with Crippen molar-refractivity contribution in [3.05, 3.63) is 99.2 Å². The smallest absolute Gasteiger partial charge is 0.282 e. The maximum absolute atomic E-state index is 13.7. The summed E-state index contributed by atoms with van der Waals surface area (Å²) in [7, 11) is 1.77. The number of amides is 2. The van der Waals surface area contributed by atoms with Gasteiger partial charge in [-0.3, -0.25) is 9.59 Å². The number of imide groups is 1. The van der Waals surface area contributed by atoms with Crippen LogP contribution in [-0.4, -0.2) is 18.9 Å². The largest absolute Gasteiger partial charge is 0.339 e. The van der Waals surface area contributed by atoms with Crippen molar-refractivity contribution >= 4 is 52.0 Å². The number of rotatable bonds is 4. The summed E-state index contributed by atoms with van der Waals surface area (Å²) in [5.74, 6) is -0.813. The molecule has 1 aliphatic rings. The van der Waals surface area contributed by atoms with E-state index < -0.39 is 11.8 Å². The Morgan fingerprint density at radius 1 is 0.839 bits per heavy atom. The fourth-order valence-corrected chi connectivity index (χ4v) is 4.24. The van der Waals surface area contributed by atoms with Crippen LogP contribution in [-0.2, 0) is 9.59 Å². The van der Waals surface area contributed by atoms with Crippen molar-refractivity contribution in [2.45, 2.75) is 13.8 Å². The molecule has 0 saturated carbocycles. The van der Waals surface area contributed by atoms with Gasteiger partial charge in [-0.15, -0.1) is 0 Å². The van der Waals surface area contributed by atoms with E-state index in [0.717, 1.165) is 16.8 Å². The number of anilines is 2. The minimum atomic E-state index is -0.416. The van der Waals surface area contributed by atoms with Gasteiger partial charge in [-0.1, -0.05) is 59.6 Å². The number of halogens is 2. The van der Waals surface area contributed by atoms with E-state index in [-0.39, 0.29) is 11.3 Å². The quantitative estimate of drug-likeness (QED) is 0.455. The topological polar surface area (TPSA) is 40.6 Å². The van der Waals surface area contributed by atoms with Crippen molar-refractivity contribution in [1.29, 1.82) is 0 Å². The van der Waals surface area contributed by atoms with E-state index in [2.05, 4.69) is 0 Å². The number of carbonyl (C=O) groups excluding carboxylic acids is 2. The lowest BCUT2D eigenvalue weighted by molar-refractivity contribution is -0.120. The number of likely N-dealkylation sites (N-methyl/N-ethyl adjacent to an activating group) is 1. The lowest BCUT2D eigenvalue weighted by Gasteiger charge is -2.22. The van der Waals surface area contributed by atoms with Crippen LogP contribution in [0.2, 0.25) is 10.0 Å². The highest BCUT2D eigenvalue weighted by molar-refractivity contribution is 6.48. The van der Waals surface area contributed by atoms with Gasteiger partial charge in [0, 0.05) is 23.3 Å². The van der Waals surface area contributed by atoms with E-state index in [9.17, 15) is 9.59 Å². The molecule has 1 heterocycles. The van der Waals surface area contributed by atoms with E-state index >= 15 is 0 Å². The molecular weight excluding hydrogens is 431 g/mol. The third-order valence-corrected chi connectivity index (χ3v) is 6.10. The first kappa shape index (κ1) is 21.2. The molecular formula is C25H20Cl2N2O2. The number of carbonyl (C=O) groups is 2. The Bertz CT molecular complexity index is 1240. The van der Waals surface area contributed by atoms with Crippen LogP contribution in [0.1, 0.15) is 16.7 Å². The highest BCUT2D eigenvalue weighted by Crippen LogP contribution is 2.40. The zero-order valence-corrected chi connectivity index (χ0v) is 18.8. The molecule has 4 rings (SSSR count). The maximum atomic E-state index is 13.7. The summed E-state index contributed by atoms with van der Waals surface area (Å²) in [4.78, 5) is 30.3. The van der Waals surface area contributed by atoms with Gasteiger partial charge in [-0.05, 0) is 55.3 Å². The lowest BCUT2D eigenvalue weighted by atomic mass is 10.0. The number of nitrogens with zero attached hydrogens (tertiary/aromatic N) is 2. The Kier molecular flexibility index (Phi) is 5.61. The minimum absolute atomic E-state index is 0.249.